The third kappa shape index (κ3) is 3.67. The van der Waals surface area contributed by atoms with Crippen LogP contribution in [-0.2, 0) is 0 Å². The number of hydrogen-bond acceptors (Lipinski definition) is 1. The second-order valence-corrected chi connectivity index (χ2v) is 7.30. The molecule has 0 radical (unpaired) electrons. The van der Waals surface area contributed by atoms with E-state index in [4.69, 9.17) is 0 Å². The lowest BCUT2D eigenvalue weighted by Crippen LogP contribution is -2.29. The molecule has 0 aliphatic heterocycles. The molecule has 134 valence electrons. The van der Waals surface area contributed by atoms with Gasteiger partial charge in [0.05, 0.1) is 5.56 Å². The molecule has 3 nitrogen and oxygen atoms in total. The third-order valence-corrected chi connectivity index (χ3v) is 5.48. The minimum atomic E-state index is -0.0803. The molecule has 0 saturated heterocycles. The van der Waals surface area contributed by atoms with Crippen molar-refractivity contribution in [3.63, 3.8) is 0 Å². The summed E-state index contributed by atoms with van der Waals surface area (Å²) < 4.78 is 0.797. The molecule has 0 aliphatic carbocycles. The first kappa shape index (κ1) is 17.6. The largest absolute Gasteiger partial charge is 0.361 e. The third-order valence-electron chi connectivity index (χ3n) is 4.78. The van der Waals surface area contributed by atoms with Gasteiger partial charge in [0.2, 0.25) is 0 Å². The summed E-state index contributed by atoms with van der Waals surface area (Å²) in [6.07, 6.45) is 2.05. The Balaban J connectivity index is 1.65. The first-order valence-corrected chi connectivity index (χ1v) is 9.67. The maximum absolute atomic E-state index is 12.7. The maximum Gasteiger partial charge on any atom is 0.252 e. The molecule has 1 heterocycles. The number of amides is 1. The molecule has 4 heteroatoms. The molecule has 4 aromatic rings. The highest BCUT2D eigenvalue weighted by Crippen LogP contribution is 2.30. The van der Waals surface area contributed by atoms with Crippen molar-refractivity contribution in [3.8, 4) is 0 Å². The van der Waals surface area contributed by atoms with E-state index in [1.54, 1.807) is 0 Å². The lowest BCUT2D eigenvalue weighted by Gasteiger charge is -2.18. The molecule has 1 aromatic heterocycles. The molecule has 0 aliphatic rings. The minimum Gasteiger partial charge on any atom is -0.361 e. The highest BCUT2D eigenvalue weighted by molar-refractivity contribution is 9.10. The molecule has 3 aromatic carbocycles. The Bertz CT molecular complexity index is 1070. The summed E-state index contributed by atoms with van der Waals surface area (Å²) in [7, 11) is 0. The van der Waals surface area contributed by atoms with Gasteiger partial charge in [-0.1, -0.05) is 60.7 Å². The Morgan fingerprint density at radius 1 is 0.926 bits per heavy atom. The normalized spacial score (nSPS) is 12.0. The van der Waals surface area contributed by atoms with Gasteiger partial charge in [0.1, 0.15) is 0 Å². The summed E-state index contributed by atoms with van der Waals surface area (Å²) in [6, 6.07) is 26.0. The van der Waals surface area contributed by atoms with Gasteiger partial charge < -0.3 is 10.3 Å². The Hall–Kier alpha value is -2.85. The number of fused-ring (bicyclic) bond motifs is 1. The number of carbonyl (C=O) groups excluding carboxylic acids is 1. The Kier molecular flexibility index (Phi) is 5.07. The van der Waals surface area contributed by atoms with Crippen LogP contribution in [-0.4, -0.2) is 17.4 Å². The highest BCUT2D eigenvalue weighted by Gasteiger charge is 2.19. The van der Waals surface area contributed by atoms with Crippen LogP contribution >= 0.6 is 15.9 Å². The van der Waals surface area contributed by atoms with Gasteiger partial charge in [-0.15, -0.1) is 0 Å². The molecule has 1 amide bonds. The van der Waals surface area contributed by atoms with Crippen molar-refractivity contribution in [2.45, 2.75) is 5.92 Å². The van der Waals surface area contributed by atoms with E-state index >= 15 is 0 Å². The molecule has 0 spiro atoms. The molecule has 0 unspecified atom stereocenters. The van der Waals surface area contributed by atoms with Gasteiger partial charge in [-0.2, -0.15) is 0 Å². The van der Waals surface area contributed by atoms with Crippen molar-refractivity contribution in [2.24, 2.45) is 0 Å². The zero-order valence-corrected chi connectivity index (χ0v) is 16.2. The van der Waals surface area contributed by atoms with Crippen LogP contribution < -0.4 is 5.32 Å². The number of aromatic nitrogens is 1. The van der Waals surface area contributed by atoms with Crippen molar-refractivity contribution >= 4 is 32.7 Å². The van der Waals surface area contributed by atoms with Gasteiger partial charge in [-0.05, 0) is 45.3 Å². The number of hydrogen-bond donors (Lipinski definition) is 2. The van der Waals surface area contributed by atoms with Gasteiger partial charge >= 0.3 is 0 Å². The Morgan fingerprint density at radius 3 is 2.44 bits per heavy atom. The van der Waals surface area contributed by atoms with Gasteiger partial charge in [0.25, 0.3) is 5.91 Å². The molecule has 0 saturated carbocycles. The van der Waals surface area contributed by atoms with Crippen LogP contribution in [0.3, 0.4) is 0 Å². The SMILES string of the molecule is O=C(NC[C@H](c1ccccc1)c1c[nH]c2ccccc12)c1ccccc1Br. The van der Waals surface area contributed by atoms with Crippen LogP contribution in [0.1, 0.15) is 27.4 Å². The van der Waals surface area contributed by atoms with E-state index in [-0.39, 0.29) is 11.8 Å². The number of benzene rings is 3. The van der Waals surface area contributed by atoms with Gasteiger partial charge in [0.15, 0.2) is 0 Å². The number of rotatable bonds is 5. The zero-order chi connectivity index (χ0) is 18.6. The Labute approximate surface area is 166 Å². The van der Waals surface area contributed by atoms with Crippen LogP contribution in [0.5, 0.6) is 0 Å². The van der Waals surface area contributed by atoms with Crippen molar-refractivity contribution in [1.29, 1.82) is 0 Å². The molecule has 27 heavy (non-hydrogen) atoms. The number of para-hydroxylation sites is 1. The summed E-state index contributed by atoms with van der Waals surface area (Å²) in [5.41, 5.74) is 4.10. The second kappa shape index (κ2) is 7.80. The topological polar surface area (TPSA) is 44.9 Å². The summed E-state index contributed by atoms with van der Waals surface area (Å²) >= 11 is 3.45. The lowest BCUT2D eigenvalue weighted by molar-refractivity contribution is 0.0951. The second-order valence-electron chi connectivity index (χ2n) is 6.44. The smallest absolute Gasteiger partial charge is 0.252 e. The summed E-state index contributed by atoms with van der Waals surface area (Å²) in [6.45, 7) is 0.520. The molecular weight excluding hydrogens is 400 g/mol. The summed E-state index contributed by atoms with van der Waals surface area (Å²) in [5, 5.41) is 4.29. The van der Waals surface area contributed by atoms with E-state index in [0.717, 1.165) is 9.99 Å². The van der Waals surface area contributed by atoms with Gasteiger partial charge in [-0.25, -0.2) is 0 Å². The number of aromatic amines is 1. The molecule has 2 N–H and O–H groups in total. The summed E-state index contributed by atoms with van der Waals surface area (Å²) in [5.74, 6) is -0.0166. The lowest BCUT2D eigenvalue weighted by atomic mass is 9.91. The minimum absolute atomic E-state index is 0.0637. The molecule has 0 fully saturated rings. The number of nitrogens with one attached hydrogen (secondary N) is 2. The van der Waals surface area contributed by atoms with Crippen molar-refractivity contribution in [1.82, 2.24) is 10.3 Å². The Morgan fingerprint density at radius 2 is 1.63 bits per heavy atom. The maximum atomic E-state index is 12.7. The number of halogens is 1. The fraction of sp³-hybridized carbons (Fsp3) is 0.0870. The number of carbonyl (C=O) groups is 1. The predicted octanol–water partition coefficient (Wildman–Crippen LogP) is 5.49. The first-order chi connectivity index (χ1) is 13.2. The molecular formula is C23H19BrN2O. The van der Waals surface area contributed by atoms with E-state index in [1.807, 2.05) is 60.8 Å². The first-order valence-electron chi connectivity index (χ1n) is 8.87. The summed E-state index contributed by atoms with van der Waals surface area (Å²) in [4.78, 5) is 16.0. The standard InChI is InChI=1S/C23H19BrN2O/c24-21-12-6-4-11-18(21)23(27)26-14-19(16-8-2-1-3-9-16)20-15-25-22-13-7-5-10-17(20)22/h1-13,15,19,25H,14H2,(H,26,27)/t19-/m1/s1. The molecule has 0 bridgehead atoms. The van der Waals surface area contributed by atoms with Gasteiger partial charge in [0, 0.05) is 34.0 Å². The highest BCUT2D eigenvalue weighted by atomic mass is 79.9. The predicted molar refractivity (Wildman–Crippen MR) is 113 cm³/mol. The number of H-pyrrole nitrogens is 1. The van der Waals surface area contributed by atoms with Crippen LogP contribution in [0.2, 0.25) is 0 Å². The fourth-order valence-electron chi connectivity index (χ4n) is 3.41. The molecule has 1 atom stereocenters. The van der Waals surface area contributed by atoms with Crippen LogP contribution in [0.25, 0.3) is 10.9 Å². The van der Waals surface area contributed by atoms with E-state index in [0.29, 0.717) is 12.1 Å². The van der Waals surface area contributed by atoms with Gasteiger partial charge in [-0.3, -0.25) is 4.79 Å². The van der Waals surface area contributed by atoms with E-state index in [2.05, 4.69) is 50.5 Å². The zero-order valence-electron chi connectivity index (χ0n) is 14.7. The van der Waals surface area contributed by atoms with Crippen molar-refractivity contribution in [3.05, 3.63) is 106 Å². The average Bonchev–Trinajstić information content (AvgIpc) is 3.13. The van der Waals surface area contributed by atoms with Crippen molar-refractivity contribution < 1.29 is 4.79 Å². The fourth-order valence-corrected chi connectivity index (χ4v) is 3.88. The van der Waals surface area contributed by atoms with Crippen LogP contribution in [0.15, 0.2) is 89.5 Å². The van der Waals surface area contributed by atoms with E-state index in [9.17, 15) is 4.79 Å². The van der Waals surface area contributed by atoms with Crippen LogP contribution in [0.4, 0.5) is 0 Å². The van der Waals surface area contributed by atoms with Crippen molar-refractivity contribution in [2.75, 3.05) is 6.54 Å². The van der Waals surface area contributed by atoms with Crippen LogP contribution in [0, 0.1) is 0 Å². The molecule has 4 rings (SSSR count). The van der Waals surface area contributed by atoms with E-state index < -0.39 is 0 Å². The monoisotopic (exact) mass is 418 g/mol. The quantitative estimate of drug-likeness (QED) is 0.441. The van der Waals surface area contributed by atoms with E-state index in [1.165, 1.54) is 16.5 Å². The average molecular weight is 419 g/mol.